The second-order valence-corrected chi connectivity index (χ2v) is 5.78. The topological polar surface area (TPSA) is 47.6 Å². The lowest BCUT2D eigenvalue weighted by Gasteiger charge is -2.35. The SMILES string of the molecule is C[C@@H]1CN(Cn2c(=O)oc3cc(Cl)ccc32)C[C@H](C)O1. The molecule has 0 bridgehead atoms. The second-order valence-electron chi connectivity index (χ2n) is 5.34. The monoisotopic (exact) mass is 296 g/mol. The van der Waals surface area contributed by atoms with Gasteiger partial charge in [0.15, 0.2) is 5.58 Å². The van der Waals surface area contributed by atoms with E-state index in [4.69, 9.17) is 20.8 Å². The van der Waals surface area contributed by atoms with Gasteiger partial charge in [0.1, 0.15) is 0 Å². The fourth-order valence-corrected chi connectivity index (χ4v) is 2.94. The lowest BCUT2D eigenvalue weighted by molar-refractivity contribution is -0.0766. The van der Waals surface area contributed by atoms with Crippen molar-refractivity contribution in [1.82, 2.24) is 9.47 Å². The second kappa shape index (κ2) is 5.24. The third kappa shape index (κ3) is 2.61. The van der Waals surface area contributed by atoms with Crippen molar-refractivity contribution in [3.63, 3.8) is 0 Å². The summed E-state index contributed by atoms with van der Waals surface area (Å²) in [4.78, 5) is 14.2. The van der Waals surface area contributed by atoms with Gasteiger partial charge in [0.05, 0.1) is 24.4 Å². The first-order chi connectivity index (χ1) is 9.52. The number of halogens is 1. The Bertz CT molecular complexity index is 669. The van der Waals surface area contributed by atoms with Crippen molar-refractivity contribution in [2.75, 3.05) is 13.1 Å². The van der Waals surface area contributed by atoms with Crippen LogP contribution < -0.4 is 5.76 Å². The first-order valence-corrected chi connectivity index (χ1v) is 7.07. The number of hydrogen-bond acceptors (Lipinski definition) is 4. The summed E-state index contributed by atoms with van der Waals surface area (Å²) in [6.07, 6.45) is 0.337. The average molecular weight is 297 g/mol. The van der Waals surface area contributed by atoms with Gasteiger partial charge in [-0.1, -0.05) is 11.6 Å². The van der Waals surface area contributed by atoms with Gasteiger partial charge in [0.25, 0.3) is 0 Å². The number of fused-ring (bicyclic) bond motifs is 1. The van der Waals surface area contributed by atoms with Crippen LogP contribution in [0.15, 0.2) is 27.4 Å². The van der Waals surface area contributed by atoms with E-state index in [1.807, 2.05) is 19.9 Å². The number of nitrogens with zero attached hydrogens (tertiary/aromatic N) is 2. The summed E-state index contributed by atoms with van der Waals surface area (Å²) in [6.45, 7) is 6.19. The Morgan fingerprint density at radius 3 is 2.70 bits per heavy atom. The van der Waals surface area contributed by atoms with E-state index in [0.717, 1.165) is 18.6 Å². The van der Waals surface area contributed by atoms with Crippen LogP contribution in [0.1, 0.15) is 13.8 Å². The van der Waals surface area contributed by atoms with Crippen LogP contribution in [0, 0.1) is 0 Å². The average Bonchev–Trinajstić information content (AvgIpc) is 2.64. The summed E-state index contributed by atoms with van der Waals surface area (Å²) >= 11 is 5.91. The summed E-state index contributed by atoms with van der Waals surface area (Å²) in [6, 6.07) is 5.25. The molecule has 1 saturated heterocycles. The number of hydrogen-bond donors (Lipinski definition) is 0. The first-order valence-electron chi connectivity index (χ1n) is 6.69. The Hall–Kier alpha value is -1.30. The predicted octanol–water partition coefficient (Wildman–Crippen LogP) is 2.31. The fourth-order valence-electron chi connectivity index (χ4n) is 2.77. The highest BCUT2D eigenvalue weighted by molar-refractivity contribution is 6.31. The molecule has 0 aliphatic carbocycles. The highest BCUT2D eigenvalue weighted by atomic mass is 35.5. The molecule has 0 N–H and O–H groups in total. The first kappa shape index (κ1) is 13.7. The van der Waals surface area contributed by atoms with Crippen LogP contribution in [-0.4, -0.2) is 34.8 Å². The Balaban J connectivity index is 1.91. The highest BCUT2D eigenvalue weighted by Gasteiger charge is 2.23. The molecule has 2 atom stereocenters. The standard InChI is InChI=1S/C14H17ClN2O3/c1-9-6-16(7-10(2)19-9)8-17-12-4-3-11(15)5-13(12)20-14(17)18/h3-5,9-10H,6-8H2,1-2H3/t9-,10+. The van der Waals surface area contributed by atoms with E-state index >= 15 is 0 Å². The number of ether oxygens (including phenoxy) is 1. The molecule has 1 fully saturated rings. The van der Waals surface area contributed by atoms with Crippen molar-refractivity contribution in [1.29, 1.82) is 0 Å². The molecule has 5 nitrogen and oxygen atoms in total. The van der Waals surface area contributed by atoms with Gasteiger partial charge >= 0.3 is 5.76 Å². The Labute approximate surface area is 121 Å². The third-order valence-corrected chi connectivity index (χ3v) is 3.70. The van der Waals surface area contributed by atoms with E-state index in [2.05, 4.69) is 4.90 Å². The van der Waals surface area contributed by atoms with Crippen molar-refractivity contribution in [3.05, 3.63) is 33.8 Å². The molecule has 6 heteroatoms. The highest BCUT2D eigenvalue weighted by Crippen LogP contribution is 2.19. The van der Waals surface area contributed by atoms with Crippen molar-refractivity contribution >= 4 is 22.7 Å². The van der Waals surface area contributed by atoms with Gasteiger partial charge < -0.3 is 9.15 Å². The fraction of sp³-hybridized carbons (Fsp3) is 0.500. The number of benzene rings is 1. The number of oxazole rings is 1. The Morgan fingerprint density at radius 2 is 2.00 bits per heavy atom. The van der Waals surface area contributed by atoms with Crippen molar-refractivity contribution < 1.29 is 9.15 Å². The maximum absolute atomic E-state index is 12.0. The number of morpholine rings is 1. The Morgan fingerprint density at radius 1 is 1.30 bits per heavy atom. The molecule has 2 heterocycles. The van der Waals surface area contributed by atoms with Gasteiger partial charge in [0.2, 0.25) is 0 Å². The van der Waals surface area contributed by atoms with E-state index in [0.29, 0.717) is 17.3 Å². The molecule has 0 amide bonds. The lowest BCUT2D eigenvalue weighted by Crippen LogP contribution is -2.46. The summed E-state index contributed by atoms with van der Waals surface area (Å²) in [5, 5.41) is 0.562. The molecule has 0 unspecified atom stereocenters. The largest absolute Gasteiger partial charge is 0.421 e. The van der Waals surface area contributed by atoms with Gasteiger partial charge in [-0.3, -0.25) is 9.47 Å². The molecule has 20 heavy (non-hydrogen) atoms. The van der Waals surface area contributed by atoms with Crippen molar-refractivity contribution in [2.45, 2.75) is 32.7 Å². The molecule has 0 spiro atoms. The number of rotatable bonds is 2. The van der Waals surface area contributed by atoms with Gasteiger partial charge in [0, 0.05) is 24.2 Å². The summed E-state index contributed by atoms with van der Waals surface area (Å²) in [5.41, 5.74) is 1.29. The zero-order valence-corrected chi connectivity index (χ0v) is 12.3. The minimum absolute atomic E-state index is 0.169. The van der Waals surface area contributed by atoms with Crippen LogP contribution in [0.5, 0.6) is 0 Å². The maximum Gasteiger partial charge on any atom is 0.421 e. The van der Waals surface area contributed by atoms with E-state index in [1.165, 1.54) is 0 Å². The minimum atomic E-state index is -0.353. The van der Waals surface area contributed by atoms with Crippen LogP contribution in [0.3, 0.4) is 0 Å². The molecule has 108 valence electrons. The molecule has 0 saturated carbocycles. The Kier molecular flexibility index (Phi) is 3.58. The molecule has 1 aromatic heterocycles. The molecular formula is C14H17ClN2O3. The van der Waals surface area contributed by atoms with Gasteiger partial charge in [-0.2, -0.15) is 0 Å². The summed E-state index contributed by atoms with van der Waals surface area (Å²) < 4.78 is 12.6. The van der Waals surface area contributed by atoms with Gasteiger partial charge in [-0.15, -0.1) is 0 Å². The van der Waals surface area contributed by atoms with E-state index < -0.39 is 0 Å². The normalized spacial score (nSPS) is 24.4. The smallest absolute Gasteiger partial charge is 0.408 e. The molecule has 1 aromatic carbocycles. The zero-order valence-electron chi connectivity index (χ0n) is 11.5. The summed E-state index contributed by atoms with van der Waals surface area (Å²) in [7, 11) is 0. The van der Waals surface area contributed by atoms with Crippen LogP contribution in [0.2, 0.25) is 5.02 Å². The van der Waals surface area contributed by atoms with Crippen LogP contribution in [0.25, 0.3) is 11.1 Å². The maximum atomic E-state index is 12.0. The molecule has 0 radical (unpaired) electrons. The lowest BCUT2D eigenvalue weighted by atomic mass is 10.2. The van der Waals surface area contributed by atoms with E-state index in [1.54, 1.807) is 16.7 Å². The van der Waals surface area contributed by atoms with Crippen molar-refractivity contribution in [2.24, 2.45) is 0 Å². The molecule has 1 aliphatic heterocycles. The number of aromatic nitrogens is 1. The quantitative estimate of drug-likeness (QED) is 0.853. The minimum Gasteiger partial charge on any atom is -0.408 e. The molecule has 1 aliphatic rings. The van der Waals surface area contributed by atoms with Gasteiger partial charge in [-0.25, -0.2) is 4.79 Å². The molecule has 3 rings (SSSR count). The predicted molar refractivity (Wildman–Crippen MR) is 77.1 cm³/mol. The van der Waals surface area contributed by atoms with E-state index in [-0.39, 0.29) is 18.0 Å². The third-order valence-electron chi connectivity index (χ3n) is 3.47. The van der Waals surface area contributed by atoms with E-state index in [9.17, 15) is 4.79 Å². The molecular weight excluding hydrogens is 280 g/mol. The van der Waals surface area contributed by atoms with Crippen LogP contribution >= 0.6 is 11.6 Å². The van der Waals surface area contributed by atoms with Gasteiger partial charge in [-0.05, 0) is 26.0 Å². The van der Waals surface area contributed by atoms with Crippen molar-refractivity contribution in [3.8, 4) is 0 Å². The molecule has 2 aromatic rings. The van der Waals surface area contributed by atoms with Crippen LogP contribution in [0.4, 0.5) is 0 Å². The van der Waals surface area contributed by atoms with Crippen LogP contribution in [-0.2, 0) is 11.4 Å². The summed E-state index contributed by atoms with van der Waals surface area (Å²) in [5.74, 6) is -0.353. The zero-order chi connectivity index (χ0) is 14.3.